The first-order chi connectivity index (χ1) is 9.59. The Hall–Kier alpha value is -1.90. The van der Waals surface area contributed by atoms with Gasteiger partial charge in [-0.15, -0.1) is 6.58 Å². The molecule has 106 valence electrons. The van der Waals surface area contributed by atoms with Crippen LogP contribution in [-0.4, -0.2) is 23.3 Å². The van der Waals surface area contributed by atoms with Crippen molar-refractivity contribution in [1.82, 2.24) is 4.90 Å². The normalized spacial score (nSPS) is 22.6. The predicted molar refractivity (Wildman–Crippen MR) is 79.0 cm³/mol. The average Bonchev–Trinajstić information content (AvgIpc) is 2.43. The molecule has 0 spiro atoms. The van der Waals surface area contributed by atoms with Crippen molar-refractivity contribution in [2.24, 2.45) is 5.41 Å². The van der Waals surface area contributed by atoms with Crippen LogP contribution in [0.15, 0.2) is 43.0 Å². The number of rotatable bonds is 4. The highest BCUT2D eigenvalue weighted by molar-refractivity contribution is 5.98. The number of hydrogen-bond donors (Lipinski definition) is 0. The standard InChI is InChI=1S/C17H21NO2/c1-3-10-17(13-15-8-5-4-6-9-15)11-7-12-18(14(2)19)16(17)20/h3-6,8-9H,1,7,10-13H2,2H3. The monoisotopic (exact) mass is 271 g/mol. The molecule has 2 rings (SSSR count). The smallest absolute Gasteiger partial charge is 0.236 e. The minimum Gasteiger partial charge on any atom is -0.282 e. The summed E-state index contributed by atoms with van der Waals surface area (Å²) in [6.07, 6.45) is 4.76. The second-order valence-electron chi connectivity index (χ2n) is 5.51. The van der Waals surface area contributed by atoms with Gasteiger partial charge in [-0.25, -0.2) is 0 Å². The highest BCUT2D eigenvalue weighted by Gasteiger charge is 2.44. The van der Waals surface area contributed by atoms with Crippen molar-refractivity contribution >= 4 is 11.8 Å². The van der Waals surface area contributed by atoms with Crippen LogP contribution in [0.1, 0.15) is 31.7 Å². The summed E-state index contributed by atoms with van der Waals surface area (Å²) in [7, 11) is 0. The van der Waals surface area contributed by atoms with Crippen molar-refractivity contribution in [3.05, 3.63) is 48.6 Å². The van der Waals surface area contributed by atoms with Gasteiger partial charge in [0.1, 0.15) is 0 Å². The van der Waals surface area contributed by atoms with E-state index < -0.39 is 5.41 Å². The molecule has 1 fully saturated rings. The molecule has 1 unspecified atom stereocenters. The lowest BCUT2D eigenvalue weighted by Crippen LogP contribution is -2.51. The number of carbonyl (C=O) groups excluding carboxylic acids is 2. The Morgan fingerprint density at radius 3 is 2.70 bits per heavy atom. The zero-order valence-electron chi connectivity index (χ0n) is 12.0. The van der Waals surface area contributed by atoms with Gasteiger partial charge in [-0.3, -0.25) is 14.5 Å². The van der Waals surface area contributed by atoms with Crippen LogP contribution in [-0.2, 0) is 16.0 Å². The maximum Gasteiger partial charge on any atom is 0.236 e. The molecule has 0 bridgehead atoms. The Bertz CT molecular complexity index is 509. The number of allylic oxidation sites excluding steroid dienone is 1. The van der Waals surface area contributed by atoms with E-state index in [-0.39, 0.29) is 11.8 Å². The summed E-state index contributed by atoms with van der Waals surface area (Å²) < 4.78 is 0. The van der Waals surface area contributed by atoms with Crippen molar-refractivity contribution in [3.63, 3.8) is 0 Å². The van der Waals surface area contributed by atoms with Crippen LogP contribution < -0.4 is 0 Å². The summed E-state index contributed by atoms with van der Waals surface area (Å²) in [4.78, 5) is 25.8. The molecule has 1 aromatic carbocycles. The number of benzene rings is 1. The summed E-state index contributed by atoms with van der Waals surface area (Å²) in [5.74, 6) is -0.198. The molecule has 3 nitrogen and oxygen atoms in total. The quantitative estimate of drug-likeness (QED) is 0.790. The third-order valence-corrected chi connectivity index (χ3v) is 4.04. The topological polar surface area (TPSA) is 37.4 Å². The van der Waals surface area contributed by atoms with Crippen LogP contribution in [0.3, 0.4) is 0 Å². The molecule has 2 amide bonds. The Morgan fingerprint density at radius 2 is 2.10 bits per heavy atom. The fraction of sp³-hybridized carbons (Fsp3) is 0.412. The van der Waals surface area contributed by atoms with Gasteiger partial charge in [0.25, 0.3) is 0 Å². The fourth-order valence-corrected chi connectivity index (χ4v) is 3.06. The van der Waals surface area contributed by atoms with Crippen LogP contribution in [0.2, 0.25) is 0 Å². The van der Waals surface area contributed by atoms with E-state index in [1.165, 1.54) is 11.8 Å². The molecule has 0 saturated carbocycles. The van der Waals surface area contributed by atoms with E-state index in [2.05, 4.69) is 6.58 Å². The van der Waals surface area contributed by atoms with E-state index in [9.17, 15) is 9.59 Å². The van der Waals surface area contributed by atoms with E-state index in [0.717, 1.165) is 18.4 Å². The van der Waals surface area contributed by atoms with Gasteiger partial charge in [0, 0.05) is 13.5 Å². The number of carbonyl (C=O) groups is 2. The number of likely N-dealkylation sites (tertiary alicyclic amines) is 1. The molecule has 0 N–H and O–H groups in total. The highest BCUT2D eigenvalue weighted by atomic mass is 16.2. The van der Waals surface area contributed by atoms with Crippen molar-refractivity contribution in [2.75, 3.05) is 6.54 Å². The van der Waals surface area contributed by atoms with Crippen LogP contribution in [0, 0.1) is 5.41 Å². The Kier molecular flexibility index (Phi) is 4.38. The van der Waals surface area contributed by atoms with Crippen LogP contribution in [0.5, 0.6) is 0 Å². The van der Waals surface area contributed by atoms with Gasteiger partial charge in [0.15, 0.2) is 0 Å². The van der Waals surface area contributed by atoms with Gasteiger partial charge in [0.2, 0.25) is 11.8 Å². The molecule has 3 heteroatoms. The number of hydrogen-bond acceptors (Lipinski definition) is 2. The molecule has 1 aliphatic rings. The van der Waals surface area contributed by atoms with Crippen molar-refractivity contribution in [3.8, 4) is 0 Å². The van der Waals surface area contributed by atoms with Crippen LogP contribution >= 0.6 is 0 Å². The summed E-state index contributed by atoms with van der Waals surface area (Å²) in [6.45, 7) is 5.80. The second kappa shape index (κ2) is 6.04. The molecule has 20 heavy (non-hydrogen) atoms. The third-order valence-electron chi connectivity index (χ3n) is 4.04. The Morgan fingerprint density at radius 1 is 1.40 bits per heavy atom. The first-order valence-electron chi connectivity index (χ1n) is 7.06. The molecule has 0 aliphatic carbocycles. The largest absolute Gasteiger partial charge is 0.282 e. The van der Waals surface area contributed by atoms with Crippen molar-refractivity contribution in [2.45, 2.75) is 32.6 Å². The molecule has 1 heterocycles. The summed E-state index contributed by atoms with van der Waals surface area (Å²) in [5, 5.41) is 0. The van der Waals surface area contributed by atoms with Gasteiger partial charge < -0.3 is 0 Å². The maximum atomic E-state index is 12.7. The van der Waals surface area contributed by atoms with Gasteiger partial charge in [-0.1, -0.05) is 36.4 Å². The number of nitrogens with zero attached hydrogens (tertiary/aromatic N) is 1. The fourth-order valence-electron chi connectivity index (χ4n) is 3.06. The lowest BCUT2D eigenvalue weighted by atomic mass is 9.72. The Balaban J connectivity index is 2.30. The summed E-state index contributed by atoms with van der Waals surface area (Å²) in [6, 6.07) is 9.99. The van der Waals surface area contributed by atoms with Crippen LogP contribution in [0.25, 0.3) is 0 Å². The van der Waals surface area contributed by atoms with Gasteiger partial charge in [0.05, 0.1) is 5.41 Å². The summed E-state index contributed by atoms with van der Waals surface area (Å²) >= 11 is 0. The van der Waals surface area contributed by atoms with E-state index in [1.807, 2.05) is 30.3 Å². The van der Waals surface area contributed by atoms with Gasteiger partial charge in [-0.2, -0.15) is 0 Å². The molecule has 0 aromatic heterocycles. The van der Waals surface area contributed by atoms with E-state index in [0.29, 0.717) is 19.4 Å². The zero-order chi connectivity index (χ0) is 14.6. The zero-order valence-corrected chi connectivity index (χ0v) is 12.0. The van der Waals surface area contributed by atoms with E-state index >= 15 is 0 Å². The SMILES string of the molecule is C=CCC1(Cc2ccccc2)CCCN(C(C)=O)C1=O. The molecule has 0 radical (unpaired) electrons. The minimum absolute atomic E-state index is 0.0417. The molecular weight excluding hydrogens is 250 g/mol. The van der Waals surface area contributed by atoms with Crippen LogP contribution in [0.4, 0.5) is 0 Å². The first-order valence-corrected chi connectivity index (χ1v) is 7.06. The van der Waals surface area contributed by atoms with E-state index in [1.54, 1.807) is 6.08 Å². The average molecular weight is 271 g/mol. The van der Waals surface area contributed by atoms with Gasteiger partial charge in [-0.05, 0) is 31.2 Å². The molecule has 1 aromatic rings. The summed E-state index contributed by atoms with van der Waals surface area (Å²) in [5.41, 5.74) is 0.626. The third kappa shape index (κ3) is 2.82. The van der Waals surface area contributed by atoms with E-state index in [4.69, 9.17) is 0 Å². The van der Waals surface area contributed by atoms with Crippen molar-refractivity contribution in [1.29, 1.82) is 0 Å². The number of imide groups is 1. The lowest BCUT2D eigenvalue weighted by molar-refractivity contribution is -0.154. The van der Waals surface area contributed by atoms with Gasteiger partial charge >= 0.3 is 0 Å². The second-order valence-corrected chi connectivity index (χ2v) is 5.51. The number of amides is 2. The Labute approximate surface area is 120 Å². The lowest BCUT2D eigenvalue weighted by Gasteiger charge is -2.40. The molecule has 1 aliphatic heterocycles. The van der Waals surface area contributed by atoms with Crippen molar-refractivity contribution < 1.29 is 9.59 Å². The molecular formula is C17H21NO2. The molecule has 1 saturated heterocycles. The number of piperidine rings is 1. The minimum atomic E-state index is -0.507. The maximum absolute atomic E-state index is 12.7. The first kappa shape index (κ1) is 14.5. The molecule has 1 atom stereocenters. The predicted octanol–water partition coefficient (Wildman–Crippen LogP) is 2.96. The highest BCUT2D eigenvalue weighted by Crippen LogP contribution is 2.38.